The van der Waals surface area contributed by atoms with Crippen LogP contribution in [0.25, 0.3) is 0 Å². The zero-order chi connectivity index (χ0) is 14.5. The van der Waals surface area contributed by atoms with Gasteiger partial charge in [0.1, 0.15) is 0 Å². The molecule has 0 spiro atoms. The van der Waals surface area contributed by atoms with Crippen LogP contribution in [0.15, 0.2) is 24.3 Å². The molecule has 1 saturated carbocycles. The van der Waals surface area contributed by atoms with Crippen molar-refractivity contribution >= 4 is 17.6 Å². The number of carbonyl (C=O) groups is 2. The van der Waals surface area contributed by atoms with Gasteiger partial charge in [0.05, 0.1) is 11.8 Å². The first kappa shape index (κ1) is 14.5. The number of nitrogens with one attached hydrogen (secondary N) is 1. The summed E-state index contributed by atoms with van der Waals surface area (Å²) in [7, 11) is 0. The number of amides is 1. The Hall–Kier alpha value is -1.88. The summed E-state index contributed by atoms with van der Waals surface area (Å²) in [6.07, 6.45) is 2.57. The highest BCUT2D eigenvalue weighted by Gasteiger charge is 2.37. The fourth-order valence-corrected chi connectivity index (χ4v) is 2.69. The Labute approximate surface area is 117 Å². The second kappa shape index (κ2) is 6.52. The standard InChI is InChI=1S/C15H19NO4/c17-9-8-10-4-6-11(7-5-10)16-14(18)12-2-1-3-13(12)15(19)20/h4-7,12-13,17H,1-3,8-9H2,(H,16,18)(H,19,20). The minimum absolute atomic E-state index is 0.0913. The second-order valence-corrected chi connectivity index (χ2v) is 5.14. The number of rotatable bonds is 5. The van der Waals surface area contributed by atoms with Crippen LogP contribution in [0.2, 0.25) is 0 Å². The molecule has 5 heteroatoms. The third-order valence-corrected chi connectivity index (χ3v) is 3.79. The predicted molar refractivity (Wildman–Crippen MR) is 74.3 cm³/mol. The lowest BCUT2D eigenvalue weighted by Gasteiger charge is -2.15. The van der Waals surface area contributed by atoms with E-state index in [-0.39, 0.29) is 12.5 Å². The Kier molecular flexibility index (Phi) is 4.74. The highest BCUT2D eigenvalue weighted by molar-refractivity contribution is 5.95. The summed E-state index contributed by atoms with van der Waals surface area (Å²) >= 11 is 0. The van der Waals surface area contributed by atoms with E-state index < -0.39 is 17.8 Å². The van der Waals surface area contributed by atoms with E-state index in [2.05, 4.69) is 5.32 Å². The van der Waals surface area contributed by atoms with E-state index in [0.29, 0.717) is 24.9 Å². The van der Waals surface area contributed by atoms with E-state index >= 15 is 0 Å². The van der Waals surface area contributed by atoms with Crippen LogP contribution in [0.1, 0.15) is 24.8 Å². The zero-order valence-corrected chi connectivity index (χ0v) is 11.2. The molecule has 2 atom stereocenters. The summed E-state index contributed by atoms with van der Waals surface area (Å²) in [5.74, 6) is -2.11. The molecular weight excluding hydrogens is 258 g/mol. The highest BCUT2D eigenvalue weighted by atomic mass is 16.4. The van der Waals surface area contributed by atoms with Gasteiger partial charge in [-0.15, -0.1) is 0 Å². The number of aliphatic hydroxyl groups is 1. The van der Waals surface area contributed by atoms with Crippen LogP contribution in [0, 0.1) is 11.8 Å². The molecule has 1 amide bonds. The van der Waals surface area contributed by atoms with Crippen LogP contribution < -0.4 is 5.32 Å². The number of hydrogen-bond acceptors (Lipinski definition) is 3. The normalized spacial score (nSPS) is 21.6. The summed E-state index contributed by atoms with van der Waals surface area (Å²) in [6, 6.07) is 7.23. The van der Waals surface area contributed by atoms with Gasteiger partial charge in [-0.3, -0.25) is 9.59 Å². The van der Waals surface area contributed by atoms with Gasteiger partial charge in [0, 0.05) is 12.3 Å². The monoisotopic (exact) mass is 277 g/mol. The van der Waals surface area contributed by atoms with Gasteiger partial charge in [0.25, 0.3) is 0 Å². The van der Waals surface area contributed by atoms with Crippen LogP contribution >= 0.6 is 0 Å². The molecule has 0 radical (unpaired) electrons. The number of benzene rings is 1. The summed E-state index contributed by atoms with van der Waals surface area (Å²) < 4.78 is 0. The van der Waals surface area contributed by atoms with E-state index in [4.69, 9.17) is 10.2 Å². The molecule has 108 valence electrons. The molecule has 1 aliphatic rings. The number of carboxylic acids is 1. The highest BCUT2D eigenvalue weighted by Crippen LogP contribution is 2.32. The van der Waals surface area contributed by atoms with Gasteiger partial charge in [-0.2, -0.15) is 0 Å². The van der Waals surface area contributed by atoms with E-state index in [0.717, 1.165) is 12.0 Å². The van der Waals surface area contributed by atoms with Crippen LogP contribution in [0.5, 0.6) is 0 Å². The SMILES string of the molecule is O=C(O)C1CCCC1C(=O)Nc1ccc(CCO)cc1. The van der Waals surface area contributed by atoms with Gasteiger partial charge in [-0.1, -0.05) is 18.6 Å². The van der Waals surface area contributed by atoms with Crippen molar-refractivity contribution in [1.82, 2.24) is 0 Å². The Balaban J connectivity index is 1.98. The van der Waals surface area contributed by atoms with Gasteiger partial charge >= 0.3 is 5.97 Å². The first-order valence-corrected chi connectivity index (χ1v) is 6.85. The number of carbonyl (C=O) groups excluding carboxylic acids is 1. The Morgan fingerprint density at radius 2 is 1.80 bits per heavy atom. The van der Waals surface area contributed by atoms with E-state index in [1.807, 2.05) is 12.1 Å². The summed E-state index contributed by atoms with van der Waals surface area (Å²) in [6.45, 7) is 0.0913. The lowest BCUT2D eigenvalue weighted by atomic mass is 9.95. The maximum Gasteiger partial charge on any atom is 0.307 e. The Bertz CT molecular complexity index is 483. The minimum Gasteiger partial charge on any atom is -0.481 e. The molecule has 0 saturated heterocycles. The number of anilines is 1. The van der Waals surface area contributed by atoms with E-state index in [1.165, 1.54) is 0 Å². The molecule has 1 aromatic carbocycles. The molecule has 2 rings (SSSR count). The van der Waals surface area contributed by atoms with Gasteiger partial charge < -0.3 is 15.5 Å². The van der Waals surface area contributed by atoms with Gasteiger partial charge in [0.2, 0.25) is 5.91 Å². The fraction of sp³-hybridized carbons (Fsp3) is 0.467. The topological polar surface area (TPSA) is 86.6 Å². The summed E-state index contributed by atoms with van der Waals surface area (Å²) in [5, 5.41) is 20.7. The molecule has 1 fully saturated rings. The quantitative estimate of drug-likeness (QED) is 0.764. The molecule has 0 bridgehead atoms. The van der Waals surface area contributed by atoms with Crippen molar-refractivity contribution < 1.29 is 19.8 Å². The Morgan fingerprint density at radius 1 is 1.15 bits per heavy atom. The Morgan fingerprint density at radius 3 is 2.40 bits per heavy atom. The predicted octanol–water partition coefficient (Wildman–Crippen LogP) is 1.66. The van der Waals surface area contributed by atoms with Crippen molar-refractivity contribution in [2.45, 2.75) is 25.7 Å². The van der Waals surface area contributed by atoms with Crippen LogP contribution in [-0.2, 0) is 16.0 Å². The number of aliphatic hydroxyl groups excluding tert-OH is 1. The van der Waals surface area contributed by atoms with Crippen molar-refractivity contribution in [3.05, 3.63) is 29.8 Å². The molecular formula is C15H19NO4. The number of carboxylic acid groups (broad SMARTS) is 1. The van der Waals surface area contributed by atoms with Crippen molar-refractivity contribution in [2.24, 2.45) is 11.8 Å². The van der Waals surface area contributed by atoms with E-state index in [9.17, 15) is 9.59 Å². The van der Waals surface area contributed by atoms with Gasteiger partial charge in [0.15, 0.2) is 0 Å². The largest absolute Gasteiger partial charge is 0.481 e. The maximum atomic E-state index is 12.1. The molecule has 3 N–H and O–H groups in total. The molecule has 0 aliphatic heterocycles. The molecule has 0 heterocycles. The molecule has 1 aromatic rings. The smallest absolute Gasteiger partial charge is 0.307 e. The third-order valence-electron chi connectivity index (χ3n) is 3.79. The lowest BCUT2D eigenvalue weighted by Crippen LogP contribution is -2.29. The number of aliphatic carboxylic acids is 1. The minimum atomic E-state index is -0.888. The molecule has 20 heavy (non-hydrogen) atoms. The molecule has 2 unspecified atom stereocenters. The second-order valence-electron chi connectivity index (χ2n) is 5.14. The molecule has 1 aliphatic carbocycles. The van der Waals surface area contributed by atoms with Crippen molar-refractivity contribution in [2.75, 3.05) is 11.9 Å². The van der Waals surface area contributed by atoms with Gasteiger partial charge in [-0.05, 0) is 37.0 Å². The lowest BCUT2D eigenvalue weighted by molar-refractivity contribution is -0.145. The van der Waals surface area contributed by atoms with Gasteiger partial charge in [-0.25, -0.2) is 0 Å². The van der Waals surface area contributed by atoms with Crippen LogP contribution in [0.4, 0.5) is 5.69 Å². The third kappa shape index (κ3) is 3.36. The van der Waals surface area contributed by atoms with Crippen molar-refractivity contribution in [1.29, 1.82) is 0 Å². The maximum absolute atomic E-state index is 12.1. The van der Waals surface area contributed by atoms with Crippen LogP contribution in [-0.4, -0.2) is 28.7 Å². The average molecular weight is 277 g/mol. The zero-order valence-electron chi connectivity index (χ0n) is 11.2. The first-order chi connectivity index (χ1) is 9.61. The average Bonchev–Trinajstić information content (AvgIpc) is 2.91. The van der Waals surface area contributed by atoms with Crippen molar-refractivity contribution in [3.8, 4) is 0 Å². The summed E-state index contributed by atoms with van der Waals surface area (Å²) in [4.78, 5) is 23.2. The number of hydrogen-bond donors (Lipinski definition) is 3. The van der Waals surface area contributed by atoms with Crippen molar-refractivity contribution in [3.63, 3.8) is 0 Å². The van der Waals surface area contributed by atoms with Crippen LogP contribution in [0.3, 0.4) is 0 Å². The van der Waals surface area contributed by atoms with E-state index in [1.54, 1.807) is 12.1 Å². The molecule has 0 aromatic heterocycles. The fourth-order valence-electron chi connectivity index (χ4n) is 2.69. The molecule has 5 nitrogen and oxygen atoms in total. The first-order valence-electron chi connectivity index (χ1n) is 6.85. The summed E-state index contributed by atoms with van der Waals surface area (Å²) in [5.41, 5.74) is 1.66.